The van der Waals surface area contributed by atoms with E-state index >= 15 is 0 Å². The monoisotopic (exact) mass is 717 g/mol. The minimum atomic E-state index is -1.15. The van der Waals surface area contributed by atoms with E-state index in [1.807, 2.05) is 12.1 Å². The average molecular weight is 718 g/mol. The molecule has 52 heavy (non-hydrogen) atoms. The summed E-state index contributed by atoms with van der Waals surface area (Å²) in [6.45, 7) is 24.4. The van der Waals surface area contributed by atoms with Gasteiger partial charge in [-0.25, -0.2) is 0 Å². The Morgan fingerprint density at radius 3 is 2.19 bits per heavy atom. The minimum Gasteiger partial charge on any atom is -0.497 e. The van der Waals surface area contributed by atoms with Crippen LogP contribution in [0.4, 0.5) is 0 Å². The number of benzene rings is 1. The lowest BCUT2D eigenvalue weighted by atomic mass is 9.32. The number of hydrogen-bond acceptors (Lipinski definition) is 5. The van der Waals surface area contributed by atoms with Crippen molar-refractivity contribution in [3.8, 4) is 5.75 Å². The highest BCUT2D eigenvalue weighted by Crippen LogP contribution is 2.77. The third kappa shape index (κ3) is 5.84. The van der Waals surface area contributed by atoms with Crippen molar-refractivity contribution in [2.24, 2.45) is 62.1 Å². The first-order valence-electron chi connectivity index (χ1n) is 20.2. The zero-order valence-electron chi connectivity index (χ0n) is 33.8. The topological polar surface area (TPSA) is 102 Å². The fourth-order valence-electron chi connectivity index (χ4n) is 13.7. The molecule has 5 saturated carbocycles. The Morgan fingerprint density at radius 2 is 1.58 bits per heavy atom. The second-order valence-corrected chi connectivity index (χ2v) is 20.0. The largest absolute Gasteiger partial charge is 0.497 e. The summed E-state index contributed by atoms with van der Waals surface area (Å²) in [7, 11) is 1.67. The molecule has 288 valence electrons. The Morgan fingerprint density at radius 1 is 0.904 bits per heavy atom. The van der Waals surface area contributed by atoms with Crippen LogP contribution in [-0.4, -0.2) is 36.2 Å². The molecule has 5 fully saturated rings. The molecule has 0 saturated heterocycles. The lowest BCUT2D eigenvalue weighted by Crippen LogP contribution is -2.67. The Kier molecular flexibility index (Phi) is 9.86. The first-order chi connectivity index (χ1) is 24.2. The first-order valence-corrected chi connectivity index (χ1v) is 20.2. The van der Waals surface area contributed by atoms with Crippen LogP contribution >= 0.6 is 0 Å². The SMILES string of the molecule is C=C(C)[C@@H]1CC[C@]2(C(=O)NC(C)c3ccc(OC)cc3)CC[C@]3(C)[C@H](CC[C@@H]4[C@@]5(C)CC[C@H](OC(=O)CC(C)(C)C(=O)O)C(C)(C)[C@@H]5CC[C@]43C)[C@@H]12. The third-order valence-corrected chi connectivity index (χ3v) is 16.9. The van der Waals surface area contributed by atoms with Crippen LogP contribution in [-0.2, 0) is 19.1 Å². The van der Waals surface area contributed by atoms with E-state index in [2.05, 4.69) is 72.5 Å². The number of methoxy groups -OCH3 is 1. The summed E-state index contributed by atoms with van der Waals surface area (Å²) < 4.78 is 11.6. The van der Waals surface area contributed by atoms with Crippen LogP contribution in [0.25, 0.3) is 0 Å². The van der Waals surface area contributed by atoms with Gasteiger partial charge in [-0.2, -0.15) is 0 Å². The van der Waals surface area contributed by atoms with Crippen LogP contribution in [0.15, 0.2) is 36.4 Å². The van der Waals surface area contributed by atoms with Gasteiger partial charge in [0.25, 0.3) is 0 Å². The molecule has 0 spiro atoms. The number of allylic oxidation sites excluding steroid dienone is 1. The maximum Gasteiger partial charge on any atom is 0.309 e. The fraction of sp³-hybridized carbons (Fsp3) is 0.756. The van der Waals surface area contributed by atoms with Gasteiger partial charge in [0, 0.05) is 5.41 Å². The van der Waals surface area contributed by atoms with Crippen LogP contribution in [0.5, 0.6) is 5.75 Å². The number of esters is 1. The standard InChI is InChI=1S/C45H67NO6/c1-27(2)31-18-23-45(38(48)46-28(3)29-12-14-30(51-11)15-13-29)25-24-43(9)32(37(31)45)16-17-34-42(8)21-20-35(52-36(47)26-40(4,5)39(49)50)41(6,7)33(42)19-22-44(34,43)10/h12-15,28,31-35,37H,1,16-26H2,2-11H3,(H,46,48)(H,49,50)/t28?,31-,32+,33-,34+,35-,37+,42-,43+,44+,45-/m0/s1. The van der Waals surface area contributed by atoms with E-state index in [1.165, 1.54) is 5.57 Å². The third-order valence-electron chi connectivity index (χ3n) is 16.9. The summed E-state index contributed by atoms with van der Waals surface area (Å²) in [6, 6.07) is 7.96. The van der Waals surface area contributed by atoms with E-state index in [1.54, 1.807) is 21.0 Å². The molecule has 0 bridgehead atoms. The number of carboxylic acid groups (broad SMARTS) is 1. The van der Waals surface area contributed by atoms with Gasteiger partial charge in [-0.1, -0.05) is 58.9 Å². The van der Waals surface area contributed by atoms with Crippen molar-refractivity contribution < 1.29 is 29.0 Å². The second-order valence-electron chi connectivity index (χ2n) is 20.0. The summed E-state index contributed by atoms with van der Waals surface area (Å²) in [5, 5.41) is 13.1. The van der Waals surface area contributed by atoms with Crippen molar-refractivity contribution in [3.05, 3.63) is 42.0 Å². The fourth-order valence-corrected chi connectivity index (χ4v) is 13.7. The van der Waals surface area contributed by atoms with Gasteiger partial charge in [-0.05, 0) is 155 Å². The predicted molar refractivity (Wildman–Crippen MR) is 204 cm³/mol. The predicted octanol–water partition coefficient (Wildman–Crippen LogP) is 9.94. The molecule has 1 amide bonds. The van der Waals surface area contributed by atoms with Gasteiger partial charge < -0.3 is 19.9 Å². The number of amides is 1. The Labute approximate surface area is 313 Å². The van der Waals surface area contributed by atoms with Gasteiger partial charge in [-0.3, -0.25) is 14.4 Å². The Balaban J connectivity index is 1.25. The molecule has 11 atom stereocenters. The molecule has 1 unspecified atom stereocenters. The van der Waals surface area contributed by atoms with Crippen molar-refractivity contribution in [2.45, 2.75) is 145 Å². The molecule has 7 nitrogen and oxygen atoms in total. The molecule has 0 aromatic heterocycles. The van der Waals surface area contributed by atoms with Crippen molar-refractivity contribution in [1.29, 1.82) is 0 Å². The summed E-state index contributed by atoms with van der Waals surface area (Å²) in [4.78, 5) is 39.6. The number of aliphatic carboxylic acids is 1. The summed E-state index contributed by atoms with van der Waals surface area (Å²) >= 11 is 0. The highest BCUT2D eigenvalue weighted by atomic mass is 16.5. The molecule has 2 N–H and O–H groups in total. The molecule has 0 radical (unpaired) electrons. The molecule has 5 aliphatic rings. The number of ether oxygens (including phenoxy) is 2. The Hall–Kier alpha value is -2.83. The van der Waals surface area contributed by atoms with Crippen LogP contribution in [0, 0.1) is 62.1 Å². The van der Waals surface area contributed by atoms with E-state index in [-0.39, 0.29) is 57.5 Å². The smallest absolute Gasteiger partial charge is 0.309 e. The molecule has 1 aromatic rings. The van der Waals surface area contributed by atoms with Gasteiger partial charge in [0.2, 0.25) is 5.91 Å². The van der Waals surface area contributed by atoms with Crippen molar-refractivity contribution in [1.82, 2.24) is 5.32 Å². The molecule has 6 rings (SSSR count). The highest BCUT2D eigenvalue weighted by molar-refractivity contribution is 5.84. The van der Waals surface area contributed by atoms with E-state index in [4.69, 9.17) is 9.47 Å². The molecule has 0 aliphatic heterocycles. The number of carbonyl (C=O) groups excluding carboxylic acids is 2. The average Bonchev–Trinajstić information content (AvgIpc) is 3.47. The first kappa shape index (κ1) is 38.9. The highest BCUT2D eigenvalue weighted by Gasteiger charge is 2.72. The zero-order chi connectivity index (χ0) is 38.2. The van der Waals surface area contributed by atoms with Crippen LogP contribution in [0.3, 0.4) is 0 Å². The molecule has 7 heteroatoms. The number of nitrogens with one attached hydrogen (secondary N) is 1. The summed E-state index contributed by atoms with van der Waals surface area (Å²) in [6.07, 6.45) is 9.97. The molecule has 0 heterocycles. The van der Waals surface area contributed by atoms with Gasteiger partial charge in [0.05, 0.1) is 30.4 Å². The molecular formula is C45H67NO6. The van der Waals surface area contributed by atoms with Crippen molar-refractivity contribution in [2.75, 3.05) is 7.11 Å². The van der Waals surface area contributed by atoms with E-state index < -0.39 is 17.4 Å². The number of fused-ring (bicyclic) bond motifs is 7. The van der Waals surface area contributed by atoms with Gasteiger partial charge in [0.1, 0.15) is 11.9 Å². The molecule has 5 aliphatic carbocycles. The molecular weight excluding hydrogens is 650 g/mol. The lowest BCUT2D eigenvalue weighted by Gasteiger charge is -2.72. The van der Waals surface area contributed by atoms with Crippen LogP contribution in [0.1, 0.15) is 145 Å². The second kappa shape index (κ2) is 13.2. The van der Waals surface area contributed by atoms with E-state index in [0.717, 1.165) is 75.5 Å². The van der Waals surface area contributed by atoms with Crippen molar-refractivity contribution >= 4 is 17.8 Å². The lowest BCUT2D eigenvalue weighted by molar-refractivity contribution is -0.249. The minimum absolute atomic E-state index is 0.0875. The quantitative estimate of drug-likeness (QED) is 0.195. The van der Waals surface area contributed by atoms with E-state index in [9.17, 15) is 19.5 Å². The number of carboxylic acids is 1. The number of carbonyl (C=O) groups is 3. The van der Waals surface area contributed by atoms with Gasteiger partial charge >= 0.3 is 11.9 Å². The number of rotatable bonds is 9. The number of hydrogen-bond donors (Lipinski definition) is 2. The van der Waals surface area contributed by atoms with Gasteiger partial charge in [-0.15, -0.1) is 0 Å². The molecule has 1 aromatic carbocycles. The van der Waals surface area contributed by atoms with Crippen molar-refractivity contribution in [3.63, 3.8) is 0 Å². The summed E-state index contributed by atoms with van der Waals surface area (Å²) in [5.41, 5.74) is 0.922. The van der Waals surface area contributed by atoms with Gasteiger partial charge in [0.15, 0.2) is 0 Å². The van der Waals surface area contributed by atoms with Crippen LogP contribution < -0.4 is 10.1 Å². The van der Waals surface area contributed by atoms with Crippen LogP contribution in [0.2, 0.25) is 0 Å². The maximum absolute atomic E-state index is 14.7. The Bertz CT molecular complexity index is 1580. The maximum atomic E-state index is 14.7. The zero-order valence-corrected chi connectivity index (χ0v) is 33.8. The normalized spacial score (nSPS) is 39.8. The summed E-state index contributed by atoms with van der Waals surface area (Å²) in [5.74, 6) is 1.71. The van der Waals surface area contributed by atoms with E-state index in [0.29, 0.717) is 23.7 Å².